The van der Waals surface area contributed by atoms with Crippen molar-refractivity contribution >= 4 is 27.6 Å². The number of benzene rings is 2. The van der Waals surface area contributed by atoms with E-state index in [1.807, 2.05) is 0 Å². The number of nitrogens with two attached hydrogens (primary N) is 1. The lowest BCUT2D eigenvalue weighted by molar-refractivity contribution is -0.162. The molecule has 3 aromatic rings. The molecule has 1 fully saturated rings. The molecule has 0 radical (unpaired) electrons. The van der Waals surface area contributed by atoms with Crippen LogP contribution in [0.4, 0.5) is 40.8 Å². The Kier molecular flexibility index (Phi) is 11.3. The largest absolute Gasteiger partial charge is 0.489 e. The van der Waals surface area contributed by atoms with Crippen molar-refractivity contribution in [2.24, 2.45) is 5.73 Å². The van der Waals surface area contributed by atoms with E-state index in [-0.39, 0.29) is 31.6 Å². The van der Waals surface area contributed by atoms with E-state index >= 15 is 4.39 Å². The fraction of sp³-hybridized carbons (Fsp3) is 0.394. The van der Waals surface area contributed by atoms with Crippen LogP contribution < -0.4 is 15.8 Å². The number of rotatable bonds is 11. The molecule has 2 amide bonds. The third-order valence-corrected chi connectivity index (χ3v) is 10.1. The number of ether oxygens (including phenoxy) is 1. The minimum atomic E-state index is -5.04. The molecule has 2 heterocycles. The van der Waals surface area contributed by atoms with E-state index in [0.29, 0.717) is 43.4 Å². The molecule has 2 aromatic carbocycles. The van der Waals surface area contributed by atoms with Crippen molar-refractivity contribution < 1.29 is 62.1 Å². The zero-order valence-electron chi connectivity index (χ0n) is 28.4. The molecule has 1 aliphatic carbocycles. The summed E-state index contributed by atoms with van der Waals surface area (Å²) in [6, 6.07) is 4.21. The Hall–Kier alpha value is -4.89. The van der Waals surface area contributed by atoms with Crippen LogP contribution in [-0.2, 0) is 42.8 Å². The van der Waals surface area contributed by atoms with Gasteiger partial charge < -0.3 is 20.0 Å². The monoisotopic (exact) mass is 792 g/mol. The number of aromatic nitrogens is 2. The zero-order chi connectivity index (χ0) is 39.8. The summed E-state index contributed by atoms with van der Waals surface area (Å²) in [4.78, 5) is 35.4. The highest BCUT2D eigenvalue weighted by Crippen LogP contribution is 2.47. The molecule has 3 N–H and O–H groups in total. The summed E-state index contributed by atoms with van der Waals surface area (Å²) >= 11 is 0. The van der Waals surface area contributed by atoms with Gasteiger partial charge in [0, 0.05) is 24.7 Å². The molecule has 0 bridgehead atoms. The van der Waals surface area contributed by atoms with E-state index < -0.39 is 109 Å². The average Bonchev–Trinajstić information content (AvgIpc) is 3.61. The number of hydrogen-bond donors (Lipinski definition) is 2. The summed E-state index contributed by atoms with van der Waals surface area (Å²) in [5, 5.41) is 4.35. The summed E-state index contributed by atoms with van der Waals surface area (Å²) in [5.74, 6) is -7.25. The Morgan fingerprint density at radius 2 is 1.69 bits per heavy atom. The molecule has 0 unspecified atom stereocenters. The van der Waals surface area contributed by atoms with Gasteiger partial charge in [-0.05, 0) is 50.1 Å². The van der Waals surface area contributed by atoms with Crippen LogP contribution in [0.3, 0.4) is 0 Å². The molecule has 1 aliphatic heterocycles. The smallest absolute Gasteiger partial charge is 0.433 e. The quantitative estimate of drug-likeness (QED) is 0.143. The number of carbonyl (C=O) groups is 2. The summed E-state index contributed by atoms with van der Waals surface area (Å²) in [6.07, 6.45) is -8.55. The van der Waals surface area contributed by atoms with E-state index in [0.717, 1.165) is 17.1 Å². The van der Waals surface area contributed by atoms with Gasteiger partial charge in [0.2, 0.25) is 5.82 Å². The van der Waals surface area contributed by atoms with Crippen molar-refractivity contribution in [1.29, 1.82) is 0 Å². The molecule has 54 heavy (non-hydrogen) atoms. The zero-order valence-corrected chi connectivity index (χ0v) is 29.3. The first-order chi connectivity index (χ1) is 25.2. The number of alkyl halides is 6. The normalized spacial score (nSPS) is 16.6. The Morgan fingerprint density at radius 3 is 2.30 bits per heavy atom. The van der Waals surface area contributed by atoms with Crippen LogP contribution in [0.1, 0.15) is 49.4 Å². The maximum absolute atomic E-state index is 15.4. The number of hydrogen-bond acceptors (Lipinski definition) is 10. The number of carbonyl (C=O) groups excluding carboxylic acids is 2. The second-order valence-corrected chi connectivity index (χ2v) is 14.1. The molecular weight excluding hydrogens is 760 g/mol. The second-order valence-electron chi connectivity index (χ2n) is 12.2. The molecular formula is C33H32F8N6O6S. The summed E-state index contributed by atoms with van der Waals surface area (Å²) < 4.78 is 149. The molecule has 2 aliphatic rings. The van der Waals surface area contributed by atoms with Crippen LogP contribution >= 0.6 is 0 Å². The molecule has 1 saturated carbocycles. The van der Waals surface area contributed by atoms with Crippen LogP contribution in [0.25, 0.3) is 11.3 Å². The number of amides is 2. The maximum atomic E-state index is 15.4. The third-order valence-electron chi connectivity index (χ3n) is 8.95. The van der Waals surface area contributed by atoms with E-state index in [2.05, 4.69) is 15.3 Å². The van der Waals surface area contributed by atoms with Crippen molar-refractivity contribution in [3.8, 4) is 17.0 Å². The van der Waals surface area contributed by atoms with E-state index in [1.54, 1.807) is 0 Å². The van der Waals surface area contributed by atoms with Gasteiger partial charge in [0.15, 0.2) is 17.3 Å². The van der Waals surface area contributed by atoms with Gasteiger partial charge in [-0.1, -0.05) is 18.9 Å². The molecule has 1 spiro atoms. The highest BCUT2D eigenvalue weighted by molar-refractivity contribution is 7.86. The van der Waals surface area contributed by atoms with Crippen molar-refractivity contribution in [3.05, 3.63) is 82.5 Å². The first kappa shape index (κ1) is 40.3. The Balaban J connectivity index is 1.66. The van der Waals surface area contributed by atoms with Gasteiger partial charge in [0.05, 0.1) is 34.8 Å². The van der Waals surface area contributed by atoms with Gasteiger partial charge >= 0.3 is 22.5 Å². The van der Waals surface area contributed by atoms with Crippen LogP contribution in [0.5, 0.6) is 5.75 Å². The first-order valence-electron chi connectivity index (χ1n) is 16.2. The van der Waals surface area contributed by atoms with Crippen molar-refractivity contribution in [2.45, 2.75) is 57.0 Å². The van der Waals surface area contributed by atoms with E-state index in [1.165, 1.54) is 19.0 Å². The Bertz CT molecular complexity index is 2090. The summed E-state index contributed by atoms with van der Waals surface area (Å²) in [7, 11) is -3.12. The molecule has 292 valence electrons. The molecule has 1 aromatic heterocycles. The second kappa shape index (κ2) is 15.1. The number of anilines is 1. The molecule has 0 saturated heterocycles. The highest BCUT2D eigenvalue weighted by Gasteiger charge is 2.55. The lowest BCUT2D eigenvalue weighted by Gasteiger charge is -2.49. The highest BCUT2D eigenvalue weighted by atomic mass is 32.2. The first-order valence-corrected chi connectivity index (χ1v) is 17.8. The Labute approximate surface area is 303 Å². The topological polar surface area (TPSA) is 157 Å². The minimum absolute atomic E-state index is 0.00503. The molecule has 12 nitrogen and oxygen atoms in total. The van der Waals surface area contributed by atoms with Crippen LogP contribution in [-0.4, -0.2) is 71.7 Å². The van der Waals surface area contributed by atoms with Gasteiger partial charge in [-0.25, -0.2) is 19.4 Å². The predicted octanol–water partition coefficient (Wildman–Crippen LogP) is 5.56. The van der Waals surface area contributed by atoms with Crippen molar-refractivity contribution in [1.82, 2.24) is 20.0 Å². The minimum Gasteiger partial charge on any atom is -0.489 e. The van der Waals surface area contributed by atoms with Gasteiger partial charge in [-0.3, -0.25) is 14.6 Å². The molecule has 0 atom stereocenters. The standard InChI is InChI=1S/C33H32F8N6O6S/c1-3-54(50,51)53-28-25(29(48)45-21-8-7-19(32(36,37)38)14-20(21)22-15-24(33(39,40)41)44-17-43-22)30(49)47(46(2)31(28)10-4-5-11-31)16-18-6-9-23(52-13-12-42)27(35)26(18)34/h6-9,14-15,17H,3-5,10-13,16,42H2,1-2H3,(H,45,48). The van der Waals surface area contributed by atoms with Crippen molar-refractivity contribution in [3.63, 3.8) is 0 Å². The lowest BCUT2D eigenvalue weighted by atomic mass is 9.88. The van der Waals surface area contributed by atoms with E-state index in [9.17, 15) is 48.7 Å². The number of hydrazine groups is 1. The maximum Gasteiger partial charge on any atom is 0.433 e. The number of nitrogens with zero attached hydrogens (tertiary/aromatic N) is 4. The van der Waals surface area contributed by atoms with Gasteiger partial charge in [0.1, 0.15) is 24.2 Å². The van der Waals surface area contributed by atoms with Crippen LogP contribution in [0.15, 0.2) is 54.1 Å². The fourth-order valence-electron chi connectivity index (χ4n) is 6.19. The van der Waals surface area contributed by atoms with Crippen LogP contribution in [0, 0.1) is 11.6 Å². The number of halogens is 8. The van der Waals surface area contributed by atoms with Gasteiger partial charge in [0.25, 0.3) is 11.8 Å². The summed E-state index contributed by atoms with van der Waals surface area (Å²) in [6.45, 7) is 0.365. The van der Waals surface area contributed by atoms with E-state index in [4.69, 9.17) is 14.7 Å². The SMILES string of the molecule is CCS(=O)(=O)OC1=C(C(=O)Nc2ccc(C(F)(F)F)cc2-c2cc(C(F)(F)F)ncn2)C(=O)N(Cc2ccc(OCCN)c(F)c2F)N(C)C12CCCC2. The molecule has 21 heteroatoms. The number of nitrogens with one attached hydrogen (secondary N) is 1. The van der Waals surface area contributed by atoms with Crippen molar-refractivity contribution in [2.75, 3.05) is 31.3 Å². The summed E-state index contributed by atoms with van der Waals surface area (Å²) in [5.41, 5.74) is -2.30. The third kappa shape index (κ3) is 7.97. The van der Waals surface area contributed by atoms with Crippen LogP contribution in [0.2, 0.25) is 0 Å². The average molecular weight is 793 g/mol. The Morgan fingerprint density at radius 1 is 1.00 bits per heavy atom. The fourth-order valence-corrected chi connectivity index (χ4v) is 6.80. The lowest BCUT2D eigenvalue weighted by Crippen LogP contribution is -2.62. The van der Waals surface area contributed by atoms with Gasteiger partial charge in [-0.2, -0.15) is 39.2 Å². The van der Waals surface area contributed by atoms with Gasteiger partial charge in [-0.15, -0.1) is 0 Å². The predicted molar refractivity (Wildman–Crippen MR) is 174 cm³/mol. The number of likely N-dealkylation sites (N-methyl/N-ethyl adjacent to an activating group) is 1. The molecule has 5 rings (SSSR count).